The molecule has 1 atom stereocenters. The molecule has 1 aromatic heterocycles. The third-order valence-electron chi connectivity index (χ3n) is 1.71. The predicted octanol–water partition coefficient (Wildman–Crippen LogP) is 3.08. The minimum atomic E-state index is -0.565. The number of halogens is 1. The van der Waals surface area contributed by atoms with Gasteiger partial charge in [0, 0.05) is 25.7 Å². The molecule has 1 aromatic rings. The molecule has 0 fully saturated rings. The van der Waals surface area contributed by atoms with Gasteiger partial charge in [-0.25, -0.2) is 0 Å². The van der Waals surface area contributed by atoms with Crippen molar-refractivity contribution in [1.29, 1.82) is 0 Å². The lowest BCUT2D eigenvalue weighted by Crippen LogP contribution is -2.20. The highest BCUT2D eigenvalue weighted by atomic mass is 35.7. The van der Waals surface area contributed by atoms with Crippen molar-refractivity contribution in [1.82, 2.24) is 4.57 Å². The van der Waals surface area contributed by atoms with Gasteiger partial charge >= 0.3 is 0 Å². The molecule has 0 aliphatic carbocycles. The summed E-state index contributed by atoms with van der Waals surface area (Å²) in [7, 11) is 1.48. The van der Waals surface area contributed by atoms with E-state index in [1.807, 2.05) is 19.3 Å². The van der Waals surface area contributed by atoms with Crippen LogP contribution in [-0.2, 0) is 7.05 Å². The van der Waals surface area contributed by atoms with E-state index in [0.29, 0.717) is 0 Å². The molecule has 68 valence electrons. The van der Waals surface area contributed by atoms with Crippen LogP contribution >= 0.6 is 18.5 Å². The second-order valence-corrected chi connectivity index (χ2v) is 7.30. The van der Waals surface area contributed by atoms with Crippen LogP contribution in [0.15, 0.2) is 18.3 Å². The Morgan fingerprint density at radius 2 is 2.00 bits per heavy atom. The zero-order valence-electron chi connectivity index (χ0n) is 8.00. The lowest BCUT2D eigenvalue weighted by molar-refractivity contribution is 0.793. The lowest BCUT2D eigenvalue weighted by atomic mass is 10.3. The fraction of sp³-hybridized carbons (Fsp3) is 0.556. The largest absolute Gasteiger partial charge is 0.350 e. The molecule has 1 rings (SSSR count). The molecular weight excluding hydrogens is 189 g/mol. The Hall–Kier alpha value is -0.000000000000000111. The first kappa shape index (κ1) is 10.1. The Labute approximate surface area is 80.3 Å². The van der Waals surface area contributed by atoms with Crippen molar-refractivity contribution in [2.45, 2.75) is 25.9 Å². The maximum Gasteiger partial charge on any atom is 0.0571 e. The van der Waals surface area contributed by atoms with Crippen LogP contribution in [-0.4, -0.2) is 9.72 Å². The van der Waals surface area contributed by atoms with Crippen molar-refractivity contribution in [3.8, 4) is 0 Å². The predicted molar refractivity (Wildman–Crippen MR) is 57.6 cm³/mol. The van der Waals surface area contributed by atoms with Crippen molar-refractivity contribution in [3.63, 3.8) is 0 Å². The standard InChI is InChI=1S/C9H15ClNP/c1-9(2,3)12(10)8-6-5-7-11(8)4/h5-7H,1-4H3. The number of nitrogens with zero attached hydrogens (tertiary/aromatic N) is 1. The molecule has 12 heavy (non-hydrogen) atoms. The van der Waals surface area contributed by atoms with Gasteiger partial charge in [0.05, 0.1) is 5.44 Å². The van der Waals surface area contributed by atoms with Gasteiger partial charge in [-0.2, -0.15) is 0 Å². The zero-order chi connectivity index (χ0) is 9.35. The molecule has 1 nitrogen and oxygen atoms in total. The number of aryl methyl sites for hydroxylation is 1. The van der Waals surface area contributed by atoms with Gasteiger partial charge in [0.15, 0.2) is 0 Å². The summed E-state index contributed by atoms with van der Waals surface area (Å²) in [6.07, 6.45) is 2.04. The summed E-state index contributed by atoms with van der Waals surface area (Å²) in [6, 6.07) is 4.14. The molecule has 1 heterocycles. The molecule has 0 aliphatic rings. The lowest BCUT2D eigenvalue weighted by Gasteiger charge is -2.25. The van der Waals surface area contributed by atoms with E-state index in [9.17, 15) is 0 Å². The molecule has 0 spiro atoms. The minimum absolute atomic E-state index is 0.184. The molecule has 3 heteroatoms. The van der Waals surface area contributed by atoms with Gasteiger partial charge < -0.3 is 4.57 Å². The molecule has 0 N–H and O–H groups in total. The number of hydrogen-bond acceptors (Lipinski definition) is 0. The van der Waals surface area contributed by atoms with Crippen molar-refractivity contribution in [3.05, 3.63) is 18.3 Å². The summed E-state index contributed by atoms with van der Waals surface area (Å²) in [5, 5.41) is 0.184. The fourth-order valence-corrected chi connectivity index (χ4v) is 2.77. The first-order chi connectivity index (χ1) is 5.43. The number of hydrogen-bond donors (Lipinski definition) is 0. The summed E-state index contributed by atoms with van der Waals surface area (Å²) in [4.78, 5) is 0. The third kappa shape index (κ3) is 2.02. The monoisotopic (exact) mass is 203 g/mol. The molecule has 0 saturated heterocycles. The topological polar surface area (TPSA) is 4.93 Å². The van der Waals surface area contributed by atoms with Gasteiger partial charge in [-0.3, -0.25) is 0 Å². The van der Waals surface area contributed by atoms with E-state index in [2.05, 4.69) is 31.4 Å². The van der Waals surface area contributed by atoms with Crippen molar-refractivity contribution in [2.75, 3.05) is 0 Å². The van der Waals surface area contributed by atoms with Crippen molar-refractivity contribution in [2.24, 2.45) is 7.05 Å². The highest BCUT2D eigenvalue weighted by Crippen LogP contribution is 2.52. The van der Waals surface area contributed by atoms with Gasteiger partial charge in [-0.15, -0.1) is 0 Å². The van der Waals surface area contributed by atoms with Crippen LogP contribution in [0, 0.1) is 0 Å². The van der Waals surface area contributed by atoms with Gasteiger partial charge in [0.2, 0.25) is 0 Å². The molecule has 0 aliphatic heterocycles. The van der Waals surface area contributed by atoms with Gasteiger partial charge in [0.25, 0.3) is 0 Å². The molecular formula is C9H15ClNP. The smallest absolute Gasteiger partial charge is 0.0571 e. The van der Waals surface area contributed by atoms with E-state index in [4.69, 9.17) is 11.2 Å². The molecule has 0 radical (unpaired) electrons. The van der Waals surface area contributed by atoms with E-state index >= 15 is 0 Å². The number of rotatable bonds is 1. The van der Waals surface area contributed by atoms with Crippen LogP contribution in [0.3, 0.4) is 0 Å². The second kappa shape index (κ2) is 3.40. The summed E-state index contributed by atoms with van der Waals surface area (Å²) in [6.45, 7) is 6.54. The molecule has 1 unspecified atom stereocenters. The van der Waals surface area contributed by atoms with Crippen LogP contribution in [0.5, 0.6) is 0 Å². The Kier molecular flexibility index (Phi) is 2.85. The van der Waals surface area contributed by atoms with Crippen LogP contribution < -0.4 is 5.44 Å². The quantitative estimate of drug-likeness (QED) is 0.619. The highest BCUT2D eigenvalue weighted by molar-refractivity contribution is 7.90. The third-order valence-corrected chi connectivity index (χ3v) is 5.79. The molecule has 0 amide bonds. The number of aromatic nitrogens is 1. The first-order valence-corrected chi connectivity index (χ1v) is 6.25. The van der Waals surface area contributed by atoms with Gasteiger partial charge in [-0.1, -0.05) is 32.0 Å². The summed E-state index contributed by atoms with van der Waals surface area (Å²) in [5.74, 6) is 0. The average molecular weight is 204 g/mol. The summed E-state index contributed by atoms with van der Waals surface area (Å²) in [5.41, 5.74) is 1.25. The highest BCUT2D eigenvalue weighted by Gasteiger charge is 2.25. The van der Waals surface area contributed by atoms with E-state index in [0.717, 1.165) is 0 Å². The maximum atomic E-state index is 6.37. The molecule has 0 saturated carbocycles. The van der Waals surface area contributed by atoms with Crippen molar-refractivity contribution < 1.29 is 0 Å². The van der Waals surface area contributed by atoms with Gasteiger partial charge in [0.1, 0.15) is 0 Å². The summed E-state index contributed by atoms with van der Waals surface area (Å²) >= 11 is 6.37. The van der Waals surface area contributed by atoms with E-state index in [1.165, 1.54) is 5.44 Å². The fourth-order valence-electron chi connectivity index (χ4n) is 1.000. The first-order valence-electron chi connectivity index (χ1n) is 4.00. The van der Waals surface area contributed by atoms with E-state index in [1.54, 1.807) is 0 Å². The Balaban J connectivity index is 2.92. The van der Waals surface area contributed by atoms with Crippen LogP contribution in [0.2, 0.25) is 0 Å². The zero-order valence-corrected chi connectivity index (χ0v) is 9.65. The van der Waals surface area contributed by atoms with Gasteiger partial charge in [-0.05, 0) is 12.1 Å². The molecule has 0 aromatic carbocycles. The summed E-state index contributed by atoms with van der Waals surface area (Å²) < 4.78 is 2.10. The van der Waals surface area contributed by atoms with E-state index in [-0.39, 0.29) is 5.16 Å². The average Bonchev–Trinajstić information content (AvgIpc) is 2.31. The minimum Gasteiger partial charge on any atom is -0.350 e. The van der Waals surface area contributed by atoms with E-state index < -0.39 is 7.27 Å². The van der Waals surface area contributed by atoms with Crippen LogP contribution in [0.4, 0.5) is 0 Å². The maximum absolute atomic E-state index is 6.37. The van der Waals surface area contributed by atoms with Crippen LogP contribution in [0.1, 0.15) is 20.8 Å². The Bertz CT molecular complexity index is 262. The van der Waals surface area contributed by atoms with Crippen LogP contribution in [0.25, 0.3) is 0 Å². The Morgan fingerprint density at radius 3 is 2.33 bits per heavy atom. The Morgan fingerprint density at radius 1 is 1.42 bits per heavy atom. The second-order valence-electron chi connectivity index (χ2n) is 3.93. The SMILES string of the molecule is Cn1cccc1P(Cl)C(C)(C)C. The molecule has 0 bridgehead atoms. The normalized spacial score (nSPS) is 14.8. The van der Waals surface area contributed by atoms with Crippen molar-refractivity contribution >= 4 is 24.0 Å².